The summed E-state index contributed by atoms with van der Waals surface area (Å²) in [6.07, 6.45) is 3.70. The van der Waals surface area contributed by atoms with Gasteiger partial charge in [0.1, 0.15) is 0 Å². The van der Waals surface area contributed by atoms with Crippen molar-refractivity contribution in [1.29, 1.82) is 0 Å². The molecule has 2 rings (SSSR count). The van der Waals surface area contributed by atoms with Gasteiger partial charge in [0.25, 0.3) is 0 Å². The Morgan fingerprint density at radius 3 is 2.61 bits per heavy atom. The van der Waals surface area contributed by atoms with Crippen LogP contribution in [0, 0.1) is 0 Å². The van der Waals surface area contributed by atoms with Crippen molar-refractivity contribution >= 4 is 5.78 Å². The number of hydrogen-bond donors (Lipinski definition) is 0. The fraction of sp³-hybridized carbons (Fsp3) is 0.250. The molecule has 1 aromatic heterocycles. The highest BCUT2D eigenvalue weighted by atomic mass is 16.1. The number of rotatable bonds is 4. The maximum atomic E-state index is 11.3. The topological polar surface area (TPSA) is 30.0 Å². The number of ketones is 1. The normalized spacial score (nSPS) is 10.3. The van der Waals surface area contributed by atoms with Gasteiger partial charge in [0.15, 0.2) is 5.78 Å². The van der Waals surface area contributed by atoms with E-state index >= 15 is 0 Å². The lowest BCUT2D eigenvalue weighted by Gasteiger charge is -2.04. The molecule has 0 aliphatic rings. The van der Waals surface area contributed by atoms with Crippen molar-refractivity contribution in [2.24, 2.45) is 0 Å². The van der Waals surface area contributed by atoms with E-state index in [0.717, 1.165) is 29.7 Å². The first kappa shape index (κ1) is 12.5. The van der Waals surface area contributed by atoms with Crippen LogP contribution < -0.4 is 0 Å². The van der Waals surface area contributed by atoms with E-state index in [1.807, 2.05) is 30.5 Å². The second kappa shape index (κ2) is 5.58. The average Bonchev–Trinajstić information content (AvgIpc) is 2.40. The molecular weight excluding hydrogens is 222 g/mol. The first-order valence-electron chi connectivity index (χ1n) is 6.22. The van der Waals surface area contributed by atoms with E-state index in [1.165, 1.54) is 5.56 Å². The Bertz CT molecular complexity index is 543. The number of carbonyl (C=O) groups is 1. The van der Waals surface area contributed by atoms with Crippen LogP contribution >= 0.6 is 0 Å². The molecule has 0 aliphatic carbocycles. The zero-order chi connectivity index (χ0) is 13.0. The van der Waals surface area contributed by atoms with Gasteiger partial charge in [-0.25, -0.2) is 0 Å². The van der Waals surface area contributed by atoms with Crippen LogP contribution in [0.5, 0.6) is 0 Å². The predicted molar refractivity (Wildman–Crippen MR) is 72.9 cm³/mol. The molecule has 18 heavy (non-hydrogen) atoms. The van der Waals surface area contributed by atoms with Gasteiger partial charge >= 0.3 is 0 Å². The van der Waals surface area contributed by atoms with Crippen molar-refractivity contribution in [3.05, 3.63) is 65.0 Å². The third kappa shape index (κ3) is 3.04. The Morgan fingerprint density at radius 2 is 2.00 bits per heavy atom. The minimum absolute atomic E-state index is 0.103. The Kier molecular flexibility index (Phi) is 3.88. The summed E-state index contributed by atoms with van der Waals surface area (Å²) in [7, 11) is 0. The van der Waals surface area contributed by atoms with Crippen molar-refractivity contribution in [2.75, 3.05) is 0 Å². The molecule has 1 aromatic carbocycles. The summed E-state index contributed by atoms with van der Waals surface area (Å²) in [6, 6.07) is 11.9. The molecule has 0 amide bonds. The van der Waals surface area contributed by atoms with Crippen LogP contribution in [-0.2, 0) is 12.8 Å². The first-order chi connectivity index (χ1) is 8.69. The van der Waals surface area contributed by atoms with Gasteiger partial charge in [0.2, 0.25) is 0 Å². The molecule has 0 saturated heterocycles. The number of pyridine rings is 1. The minimum atomic E-state index is 0.103. The zero-order valence-electron chi connectivity index (χ0n) is 10.8. The lowest BCUT2D eigenvalue weighted by Crippen LogP contribution is -1.96. The highest BCUT2D eigenvalue weighted by molar-refractivity contribution is 5.94. The summed E-state index contributed by atoms with van der Waals surface area (Å²) in [5, 5.41) is 0. The molecule has 0 unspecified atom stereocenters. The van der Waals surface area contributed by atoms with Crippen molar-refractivity contribution < 1.29 is 4.79 Å². The molecule has 0 fully saturated rings. The number of Topliss-reactive ketones (excluding diaryl/α,β-unsaturated/α-hetero) is 1. The molecule has 2 aromatic rings. The Balaban J connectivity index is 2.17. The third-order valence-electron chi connectivity index (χ3n) is 3.01. The lowest BCUT2D eigenvalue weighted by molar-refractivity contribution is 0.101. The third-order valence-corrected chi connectivity index (χ3v) is 3.01. The van der Waals surface area contributed by atoms with E-state index in [2.05, 4.69) is 24.0 Å². The van der Waals surface area contributed by atoms with Gasteiger partial charge in [-0.05, 0) is 36.6 Å². The van der Waals surface area contributed by atoms with Gasteiger partial charge < -0.3 is 0 Å². The van der Waals surface area contributed by atoms with Crippen LogP contribution in [0.25, 0.3) is 0 Å². The molecule has 1 heterocycles. The van der Waals surface area contributed by atoms with E-state index in [9.17, 15) is 4.79 Å². The van der Waals surface area contributed by atoms with Crippen molar-refractivity contribution in [3.63, 3.8) is 0 Å². The minimum Gasteiger partial charge on any atom is -0.295 e. The van der Waals surface area contributed by atoms with E-state index in [1.54, 1.807) is 6.92 Å². The number of carbonyl (C=O) groups excluding carboxylic acids is 1. The van der Waals surface area contributed by atoms with Crippen molar-refractivity contribution in [2.45, 2.75) is 26.7 Å². The second-order valence-electron chi connectivity index (χ2n) is 4.44. The summed E-state index contributed by atoms with van der Waals surface area (Å²) in [5.74, 6) is 0.103. The van der Waals surface area contributed by atoms with Gasteiger partial charge in [0, 0.05) is 23.9 Å². The maximum Gasteiger partial charge on any atom is 0.159 e. The maximum absolute atomic E-state index is 11.3. The van der Waals surface area contributed by atoms with E-state index < -0.39 is 0 Å². The van der Waals surface area contributed by atoms with Gasteiger partial charge in [-0.2, -0.15) is 0 Å². The molecule has 0 aliphatic heterocycles. The zero-order valence-corrected chi connectivity index (χ0v) is 10.8. The Hall–Kier alpha value is -1.96. The van der Waals surface area contributed by atoms with Crippen LogP contribution in [0.2, 0.25) is 0 Å². The van der Waals surface area contributed by atoms with Crippen molar-refractivity contribution in [3.8, 4) is 0 Å². The number of aromatic nitrogens is 1. The Morgan fingerprint density at radius 1 is 1.17 bits per heavy atom. The number of nitrogens with zero attached hydrogens (tertiary/aromatic N) is 1. The molecule has 0 bridgehead atoms. The van der Waals surface area contributed by atoms with Crippen LogP contribution in [0.4, 0.5) is 0 Å². The van der Waals surface area contributed by atoms with Crippen LogP contribution in [-0.4, -0.2) is 10.8 Å². The van der Waals surface area contributed by atoms with Crippen LogP contribution in [0.15, 0.2) is 42.6 Å². The summed E-state index contributed by atoms with van der Waals surface area (Å²) in [5.41, 5.74) is 4.17. The summed E-state index contributed by atoms with van der Waals surface area (Å²) >= 11 is 0. The molecule has 0 radical (unpaired) electrons. The number of aryl methyl sites for hydroxylation is 1. The molecule has 92 valence electrons. The quantitative estimate of drug-likeness (QED) is 0.765. The molecule has 2 nitrogen and oxygen atoms in total. The predicted octanol–water partition coefficient (Wildman–Crippen LogP) is 3.44. The lowest BCUT2D eigenvalue weighted by atomic mass is 10.0. The fourth-order valence-electron chi connectivity index (χ4n) is 1.88. The van der Waals surface area contributed by atoms with Crippen molar-refractivity contribution in [1.82, 2.24) is 4.98 Å². The summed E-state index contributed by atoms with van der Waals surface area (Å²) in [4.78, 5) is 15.8. The largest absolute Gasteiger partial charge is 0.295 e. The Labute approximate surface area is 108 Å². The highest BCUT2D eigenvalue weighted by Crippen LogP contribution is 2.11. The highest BCUT2D eigenvalue weighted by Gasteiger charge is 2.02. The van der Waals surface area contributed by atoms with Gasteiger partial charge in [-0.15, -0.1) is 0 Å². The summed E-state index contributed by atoms with van der Waals surface area (Å²) in [6.45, 7) is 3.71. The standard InChI is InChI=1S/C16H17NO/c1-3-13-7-8-16(17-11-13)10-14-5-4-6-15(9-14)12(2)18/h4-9,11H,3,10H2,1-2H3. The second-order valence-corrected chi connectivity index (χ2v) is 4.44. The molecular formula is C16H17NO. The van der Waals surface area contributed by atoms with Crippen LogP contribution in [0.1, 0.15) is 41.0 Å². The summed E-state index contributed by atoms with van der Waals surface area (Å²) < 4.78 is 0. The van der Waals surface area contributed by atoms with E-state index in [-0.39, 0.29) is 5.78 Å². The molecule has 0 atom stereocenters. The molecule has 0 saturated carbocycles. The first-order valence-corrected chi connectivity index (χ1v) is 6.22. The van der Waals surface area contributed by atoms with Gasteiger partial charge in [-0.1, -0.05) is 31.2 Å². The van der Waals surface area contributed by atoms with E-state index in [4.69, 9.17) is 0 Å². The molecule has 2 heteroatoms. The number of hydrogen-bond acceptors (Lipinski definition) is 2. The fourth-order valence-corrected chi connectivity index (χ4v) is 1.88. The van der Waals surface area contributed by atoms with Crippen LogP contribution in [0.3, 0.4) is 0 Å². The SMILES string of the molecule is CCc1ccc(Cc2cccc(C(C)=O)c2)nc1. The van der Waals surface area contributed by atoms with Gasteiger partial charge in [-0.3, -0.25) is 9.78 Å². The van der Waals surface area contributed by atoms with E-state index in [0.29, 0.717) is 0 Å². The monoisotopic (exact) mass is 239 g/mol. The molecule has 0 N–H and O–H groups in total. The van der Waals surface area contributed by atoms with Gasteiger partial charge in [0.05, 0.1) is 0 Å². The smallest absolute Gasteiger partial charge is 0.159 e. The molecule has 0 spiro atoms. The average molecular weight is 239 g/mol. The number of benzene rings is 1.